The number of hydrogen-bond acceptors (Lipinski definition) is 4. The van der Waals surface area contributed by atoms with E-state index in [-0.39, 0.29) is 42.4 Å². The van der Waals surface area contributed by atoms with Gasteiger partial charge in [-0.3, -0.25) is 9.59 Å². The molecule has 1 saturated carbocycles. The first-order valence-electron chi connectivity index (χ1n) is 12.2. The molecule has 7 nitrogen and oxygen atoms in total. The predicted molar refractivity (Wildman–Crippen MR) is 124 cm³/mol. The van der Waals surface area contributed by atoms with Gasteiger partial charge in [-0.1, -0.05) is 48.5 Å². The molecule has 2 saturated heterocycles. The molecule has 0 radical (unpaired) electrons. The molecule has 0 spiro atoms. The summed E-state index contributed by atoms with van der Waals surface area (Å²) in [4.78, 5) is 38.8. The monoisotopic (exact) mass is 460 g/mol. The Kier molecular flexibility index (Phi) is 5.08. The highest BCUT2D eigenvalue weighted by molar-refractivity contribution is 5.85. The van der Waals surface area contributed by atoms with Crippen LogP contribution < -0.4 is 5.32 Å². The second-order valence-electron chi connectivity index (χ2n) is 10.0. The minimum absolute atomic E-state index is 0.0150. The number of nitrogens with one attached hydrogen (secondary N) is 1. The number of ether oxygens (including phenoxy) is 1. The molecule has 4 aliphatic rings. The highest BCUT2D eigenvalue weighted by Gasteiger charge is 2.55. The molecule has 5 atom stereocenters. The van der Waals surface area contributed by atoms with Crippen molar-refractivity contribution in [2.75, 3.05) is 13.2 Å². The summed E-state index contributed by atoms with van der Waals surface area (Å²) in [7, 11) is 0. The van der Waals surface area contributed by atoms with E-state index in [1.54, 1.807) is 0 Å². The van der Waals surface area contributed by atoms with Gasteiger partial charge in [0.15, 0.2) is 0 Å². The van der Waals surface area contributed by atoms with E-state index in [0.717, 1.165) is 19.3 Å². The number of carboxylic acids is 1. The van der Waals surface area contributed by atoms with E-state index in [4.69, 9.17) is 4.74 Å². The average Bonchev–Trinajstić information content (AvgIpc) is 3.23. The zero-order valence-electron chi connectivity index (χ0n) is 18.9. The van der Waals surface area contributed by atoms with Gasteiger partial charge in [-0.05, 0) is 53.9 Å². The fourth-order valence-corrected chi connectivity index (χ4v) is 6.43. The fraction of sp³-hybridized carbons (Fsp3) is 0.444. The molecule has 7 heteroatoms. The summed E-state index contributed by atoms with van der Waals surface area (Å²) in [5.74, 6) is -1.18. The molecular weight excluding hydrogens is 432 g/mol. The minimum atomic E-state index is -0.797. The number of carbonyl (C=O) groups is 3. The first kappa shape index (κ1) is 21.2. The van der Waals surface area contributed by atoms with Crippen LogP contribution in [0.5, 0.6) is 0 Å². The molecule has 2 amide bonds. The molecule has 2 aromatic carbocycles. The summed E-state index contributed by atoms with van der Waals surface area (Å²) in [6.07, 6.45) is 2.52. The minimum Gasteiger partial charge on any atom is -0.481 e. The molecule has 2 heterocycles. The number of rotatable bonds is 6. The number of hydrogen-bond donors (Lipinski definition) is 2. The van der Waals surface area contributed by atoms with Crippen molar-refractivity contribution in [1.29, 1.82) is 0 Å². The summed E-state index contributed by atoms with van der Waals surface area (Å²) < 4.78 is 5.59. The molecule has 2 bridgehead atoms. The first-order valence-corrected chi connectivity index (χ1v) is 12.2. The summed E-state index contributed by atoms with van der Waals surface area (Å²) in [6.45, 7) is 0.666. The Morgan fingerprint density at radius 2 is 1.62 bits per heavy atom. The van der Waals surface area contributed by atoms with Gasteiger partial charge in [-0.25, -0.2) is 4.79 Å². The van der Waals surface area contributed by atoms with Crippen LogP contribution in [-0.2, 0) is 14.3 Å². The number of aliphatic carboxylic acids is 1. The van der Waals surface area contributed by atoms with Crippen LogP contribution in [0.25, 0.3) is 11.1 Å². The number of fused-ring (bicyclic) bond motifs is 5. The van der Waals surface area contributed by atoms with E-state index < -0.39 is 18.0 Å². The Hall–Kier alpha value is -3.35. The second kappa shape index (κ2) is 8.15. The van der Waals surface area contributed by atoms with Crippen molar-refractivity contribution >= 4 is 18.0 Å². The third-order valence-corrected chi connectivity index (χ3v) is 8.20. The van der Waals surface area contributed by atoms with Crippen LogP contribution in [0.1, 0.15) is 42.7 Å². The number of carboxylic acid groups (broad SMARTS) is 1. The normalized spacial score (nSPS) is 28.4. The Bertz CT molecular complexity index is 1120. The maximum absolute atomic E-state index is 13.0. The highest BCUT2D eigenvalue weighted by atomic mass is 16.5. The van der Waals surface area contributed by atoms with Crippen LogP contribution in [0, 0.1) is 17.8 Å². The third kappa shape index (κ3) is 3.45. The molecule has 2 aliphatic carbocycles. The Morgan fingerprint density at radius 3 is 2.26 bits per heavy atom. The largest absolute Gasteiger partial charge is 0.481 e. The van der Waals surface area contributed by atoms with Gasteiger partial charge in [-0.2, -0.15) is 0 Å². The number of nitrogens with zero attached hydrogens (tertiary/aromatic N) is 1. The molecule has 6 rings (SSSR count). The van der Waals surface area contributed by atoms with Crippen molar-refractivity contribution in [3.63, 3.8) is 0 Å². The molecule has 176 valence electrons. The van der Waals surface area contributed by atoms with Crippen molar-refractivity contribution in [3.05, 3.63) is 59.7 Å². The van der Waals surface area contributed by atoms with Crippen molar-refractivity contribution in [1.82, 2.24) is 10.2 Å². The summed E-state index contributed by atoms with van der Waals surface area (Å²) in [5, 5.41) is 12.3. The standard InChI is InChI=1S/C27H28N2O5/c30-25(29-16-9-10-24(29)22(12-16)26(31)32)21-11-15(21)13-28-27(33)34-14-23-19-7-3-1-5-17(19)18-6-2-4-8-20(18)23/h1-8,15-16,21-24H,9-14H2,(H,28,33)(H,31,32). The molecule has 2 aromatic rings. The topological polar surface area (TPSA) is 95.9 Å². The Balaban J connectivity index is 1.01. The van der Waals surface area contributed by atoms with Gasteiger partial charge in [-0.15, -0.1) is 0 Å². The molecule has 0 aromatic heterocycles. The van der Waals surface area contributed by atoms with Crippen LogP contribution in [-0.4, -0.2) is 53.2 Å². The van der Waals surface area contributed by atoms with Gasteiger partial charge >= 0.3 is 12.1 Å². The zero-order valence-corrected chi connectivity index (χ0v) is 18.9. The van der Waals surface area contributed by atoms with Crippen LogP contribution in [0.2, 0.25) is 0 Å². The van der Waals surface area contributed by atoms with E-state index in [2.05, 4.69) is 29.6 Å². The van der Waals surface area contributed by atoms with E-state index in [9.17, 15) is 19.5 Å². The maximum Gasteiger partial charge on any atom is 0.407 e. The van der Waals surface area contributed by atoms with E-state index >= 15 is 0 Å². The number of amides is 2. The average molecular weight is 461 g/mol. The lowest BCUT2D eigenvalue weighted by Crippen LogP contribution is -2.39. The smallest absolute Gasteiger partial charge is 0.407 e. The first-order chi connectivity index (χ1) is 16.5. The van der Waals surface area contributed by atoms with Crippen LogP contribution in [0.3, 0.4) is 0 Å². The maximum atomic E-state index is 13.0. The number of alkyl carbamates (subject to hydrolysis) is 1. The second-order valence-corrected chi connectivity index (χ2v) is 10.0. The van der Waals surface area contributed by atoms with Gasteiger partial charge < -0.3 is 20.1 Å². The van der Waals surface area contributed by atoms with E-state index in [0.29, 0.717) is 13.0 Å². The Morgan fingerprint density at radius 1 is 0.941 bits per heavy atom. The van der Waals surface area contributed by atoms with Crippen LogP contribution in [0.15, 0.2) is 48.5 Å². The van der Waals surface area contributed by atoms with Gasteiger partial charge in [0.2, 0.25) is 5.91 Å². The van der Waals surface area contributed by atoms with Gasteiger partial charge in [0, 0.05) is 30.5 Å². The lowest BCUT2D eigenvalue weighted by molar-refractivity contribution is -0.143. The molecule has 2 N–H and O–H groups in total. The molecule has 2 aliphatic heterocycles. The van der Waals surface area contributed by atoms with Gasteiger partial charge in [0.25, 0.3) is 0 Å². The predicted octanol–water partition coefficient (Wildman–Crippen LogP) is 3.63. The van der Waals surface area contributed by atoms with Crippen LogP contribution in [0.4, 0.5) is 4.79 Å². The lowest BCUT2D eigenvalue weighted by atomic mass is 9.89. The molecule has 5 unspecified atom stereocenters. The lowest BCUT2D eigenvalue weighted by Gasteiger charge is -2.23. The molecule has 34 heavy (non-hydrogen) atoms. The fourth-order valence-electron chi connectivity index (χ4n) is 6.43. The quantitative estimate of drug-likeness (QED) is 0.686. The van der Waals surface area contributed by atoms with E-state index in [1.807, 2.05) is 29.2 Å². The van der Waals surface area contributed by atoms with Crippen LogP contribution >= 0.6 is 0 Å². The number of carbonyl (C=O) groups excluding carboxylic acids is 2. The summed E-state index contributed by atoms with van der Waals surface area (Å²) >= 11 is 0. The van der Waals surface area contributed by atoms with Crippen molar-refractivity contribution < 1.29 is 24.2 Å². The highest BCUT2D eigenvalue weighted by Crippen LogP contribution is 2.48. The van der Waals surface area contributed by atoms with Crippen molar-refractivity contribution in [2.45, 2.75) is 43.7 Å². The van der Waals surface area contributed by atoms with E-state index in [1.165, 1.54) is 22.3 Å². The molecule has 3 fully saturated rings. The third-order valence-electron chi connectivity index (χ3n) is 8.20. The Labute approximate surface area is 198 Å². The van der Waals surface area contributed by atoms with Gasteiger partial charge in [0.1, 0.15) is 6.61 Å². The SMILES string of the molecule is O=C(NCC1CC1C(=O)N1C2CCC1C(C(=O)O)C2)OCC1c2ccccc2-c2ccccc21. The number of benzene rings is 2. The zero-order chi connectivity index (χ0) is 23.4. The van der Waals surface area contributed by atoms with Crippen molar-refractivity contribution in [2.24, 2.45) is 17.8 Å². The summed E-state index contributed by atoms with van der Waals surface area (Å²) in [5.41, 5.74) is 4.72. The molecular formula is C27H28N2O5. The van der Waals surface area contributed by atoms with Gasteiger partial charge in [0.05, 0.1) is 5.92 Å². The summed E-state index contributed by atoms with van der Waals surface area (Å²) in [6, 6.07) is 16.3. The van der Waals surface area contributed by atoms with Crippen molar-refractivity contribution in [3.8, 4) is 11.1 Å².